The number of nitrogens with two attached hydrogens (primary N) is 2. The van der Waals surface area contributed by atoms with Crippen LogP contribution in [0.5, 0.6) is 0 Å². The van der Waals surface area contributed by atoms with Crippen LogP contribution in [0.1, 0.15) is 61.8 Å². The number of amides is 2. The van der Waals surface area contributed by atoms with Crippen molar-refractivity contribution in [2.24, 2.45) is 10.9 Å². The molecule has 0 radical (unpaired) electrons. The van der Waals surface area contributed by atoms with Gasteiger partial charge in [0.05, 0.1) is 23.7 Å². The van der Waals surface area contributed by atoms with Gasteiger partial charge in [0.2, 0.25) is 0 Å². The van der Waals surface area contributed by atoms with Crippen molar-refractivity contribution in [2.75, 3.05) is 5.32 Å². The van der Waals surface area contributed by atoms with Crippen LogP contribution in [-0.2, 0) is 37.8 Å². The van der Waals surface area contributed by atoms with Crippen LogP contribution in [0.25, 0.3) is 0 Å². The van der Waals surface area contributed by atoms with E-state index in [0.717, 1.165) is 78.4 Å². The Hall–Kier alpha value is -2.10. The van der Waals surface area contributed by atoms with E-state index in [2.05, 4.69) is 24.3 Å². The number of anilines is 1. The summed E-state index contributed by atoms with van der Waals surface area (Å²) in [4.78, 5) is 16.1. The zero-order valence-electron chi connectivity index (χ0n) is 17.3. The summed E-state index contributed by atoms with van der Waals surface area (Å²) in [6.07, 6.45) is 5.22. The highest BCUT2D eigenvalue weighted by Crippen LogP contribution is 2.44. The van der Waals surface area contributed by atoms with Crippen molar-refractivity contribution < 1.29 is 9.90 Å². The van der Waals surface area contributed by atoms with Crippen LogP contribution in [0.2, 0.25) is 0 Å². The number of carbonyl (C=O) groups is 1. The monoisotopic (exact) mass is 418 g/mol. The Kier molecular flexibility index (Phi) is 6.50. The highest BCUT2D eigenvalue weighted by Gasteiger charge is 2.36. The van der Waals surface area contributed by atoms with Gasteiger partial charge in [0, 0.05) is 17.7 Å². The van der Waals surface area contributed by atoms with Crippen LogP contribution >= 0.6 is 11.9 Å². The molecule has 2 aliphatic rings. The van der Waals surface area contributed by atoms with Crippen LogP contribution in [0.3, 0.4) is 0 Å². The number of aliphatic hydroxyl groups is 1. The summed E-state index contributed by atoms with van der Waals surface area (Å²) in [7, 11) is 0. The van der Waals surface area contributed by atoms with E-state index in [4.69, 9.17) is 21.0 Å². The molecule has 0 bridgehead atoms. The molecule has 0 atom stereocenters. The van der Waals surface area contributed by atoms with Crippen molar-refractivity contribution in [1.82, 2.24) is 14.8 Å². The Morgan fingerprint density at radius 1 is 1.34 bits per heavy atom. The third kappa shape index (κ3) is 4.41. The van der Waals surface area contributed by atoms with E-state index in [9.17, 15) is 4.79 Å². The molecule has 2 heterocycles. The molecule has 8 nitrogen and oxygen atoms in total. The Bertz CT molecular complexity index is 887. The lowest BCUT2D eigenvalue weighted by Gasteiger charge is -2.20. The fraction of sp³-hybridized carbons (Fsp3) is 0.550. The fourth-order valence-corrected chi connectivity index (χ4v) is 4.49. The minimum absolute atomic E-state index is 0.0153. The molecule has 2 aliphatic carbocycles. The third-order valence-electron chi connectivity index (χ3n) is 5.64. The number of pyridine rings is 1. The number of primary amides is 1. The summed E-state index contributed by atoms with van der Waals surface area (Å²) in [5.41, 5.74) is 11.9. The first-order valence-corrected chi connectivity index (χ1v) is 10.8. The number of aliphatic hydroxyl groups excluding tert-OH is 1. The molecular weight excluding hydrogens is 388 g/mol. The molecule has 0 fully saturated rings. The van der Waals surface area contributed by atoms with Crippen LogP contribution < -0.4 is 16.2 Å². The Balaban J connectivity index is 0.000000188. The molecular formula is C20H30N6O2S. The van der Waals surface area contributed by atoms with Gasteiger partial charge in [-0.15, -0.1) is 0 Å². The van der Waals surface area contributed by atoms with Gasteiger partial charge in [0.15, 0.2) is 0 Å². The van der Waals surface area contributed by atoms with Gasteiger partial charge >= 0.3 is 6.03 Å². The van der Waals surface area contributed by atoms with Crippen molar-refractivity contribution in [2.45, 2.75) is 76.5 Å². The largest absolute Gasteiger partial charge is 0.390 e. The van der Waals surface area contributed by atoms with Crippen molar-refractivity contribution in [3.8, 4) is 0 Å². The molecule has 0 spiro atoms. The number of hydrogen-bond donors (Lipinski definition) is 4. The average Bonchev–Trinajstić information content (AvgIpc) is 3.39. The third-order valence-corrected chi connectivity index (χ3v) is 6.08. The van der Waals surface area contributed by atoms with E-state index >= 15 is 0 Å². The first-order chi connectivity index (χ1) is 13.8. The van der Waals surface area contributed by atoms with Crippen LogP contribution in [0.15, 0.2) is 11.1 Å². The number of carbonyl (C=O) groups excluding carboxylic acids is 1. The molecule has 0 aliphatic heterocycles. The zero-order valence-corrected chi connectivity index (χ0v) is 18.1. The molecule has 158 valence electrons. The molecule has 4 rings (SSSR count). The van der Waals surface area contributed by atoms with Gasteiger partial charge in [0.25, 0.3) is 0 Å². The fourth-order valence-electron chi connectivity index (χ4n) is 4.14. The van der Waals surface area contributed by atoms with Crippen LogP contribution in [0, 0.1) is 0 Å². The standard InChI is InChI=1S/C14H19N3O.C6H11N3OS/c1-14(2)7-6-9-11(17-13(15)18)8-4-3-5-10(8)16-12(9)14;1-2-9-5(4-10)3-6(8-9)11-7/h3-7H2,1-2H3,(H3,15,16,17,18);3,10H,2,4,7H2,1H3. The van der Waals surface area contributed by atoms with Crippen molar-refractivity contribution in [1.29, 1.82) is 0 Å². The second-order valence-corrected chi connectivity index (χ2v) is 8.69. The number of nitrogens with one attached hydrogen (secondary N) is 1. The van der Waals surface area contributed by atoms with Crippen LogP contribution in [0.4, 0.5) is 10.5 Å². The predicted molar refractivity (Wildman–Crippen MR) is 115 cm³/mol. The van der Waals surface area contributed by atoms with E-state index in [1.807, 2.05) is 6.92 Å². The van der Waals surface area contributed by atoms with Gasteiger partial charge in [-0.25, -0.2) is 4.79 Å². The Morgan fingerprint density at radius 3 is 2.69 bits per heavy atom. The molecule has 9 heteroatoms. The smallest absolute Gasteiger partial charge is 0.316 e. The summed E-state index contributed by atoms with van der Waals surface area (Å²) in [5.74, 6) is 0. The minimum atomic E-state index is -0.470. The molecule has 2 aromatic rings. The number of rotatable bonds is 4. The van der Waals surface area contributed by atoms with E-state index in [1.54, 1.807) is 10.7 Å². The number of hydrogen-bond acceptors (Lipinski definition) is 6. The molecule has 0 saturated carbocycles. The van der Waals surface area contributed by atoms with Gasteiger partial charge in [-0.05, 0) is 68.2 Å². The van der Waals surface area contributed by atoms with E-state index < -0.39 is 6.03 Å². The normalized spacial score (nSPS) is 16.0. The maximum atomic E-state index is 11.2. The topological polar surface area (TPSA) is 132 Å². The Morgan fingerprint density at radius 2 is 2.10 bits per heavy atom. The summed E-state index contributed by atoms with van der Waals surface area (Å²) < 4.78 is 1.73. The van der Waals surface area contributed by atoms with Crippen molar-refractivity contribution in [3.63, 3.8) is 0 Å². The van der Waals surface area contributed by atoms with Gasteiger partial charge in [0.1, 0.15) is 5.03 Å². The number of nitrogens with zero attached hydrogens (tertiary/aromatic N) is 3. The Labute approximate surface area is 175 Å². The predicted octanol–water partition coefficient (Wildman–Crippen LogP) is 2.65. The molecule has 0 saturated heterocycles. The highest BCUT2D eigenvalue weighted by atomic mass is 32.2. The van der Waals surface area contributed by atoms with Gasteiger partial charge in [-0.2, -0.15) is 5.10 Å². The SMILES string of the molecule is CC1(C)CCc2c1nc1c(c2NC(N)=O)CCC1.CCn1nc(SN)cc1CO. The molecule has 2 amide bonds. The lowest BCUT2D eigenvalue weighted by atomic mass is 9.90. The number of aromatic nitrogens is 3. The summed E-state index contributed by atoms with van der Waals surface area (Å²) in [6.45, 7) is 7.19. The second-order valence-electron chi connectivity index (χ2n) is 8.03. The zero-order chi connectivity index (χ0) is 21.2. The van der Waals surface area contributed by atoms with Gasteiger partial charge in [-0.1, -0.05) is 13.8 Å². The quantitative estimate of drug-likeness (QED) is 0.564. The number of urea groups is 1. The van der Waals surface area contributed by atoms with Gasteiger partial charge < -0.3 is 16.2 Å². The van der Waals surface area contributed by atoms with E-state index in [-0.39, 0.29) is 12.0 Å². The average molecular weight is 419 g/mol. The minimum Gasteiger partial charge on any atom is -0.390 e. The van der Waals surface area contributed by atoms with E-state index in [1.165, 1.54) is 11.1 Å². The molecule has 29 heavy (non-hydrogen) atoms. The summed E-state index contributed by atoms with van der Waals surface area (Å²) in [6, 6.07) is 1.32. The maximum absolute atomic E-state index is 11.2. The molecule has 6 N–H and O–H groups in total. The first-order valence-electron chi connectivity index (χ1n) is 9.96. The van der Waals surface area contributed by atoms with Gasteiger partial charge in [-0.3, -0.25) is 14.8 Å². The molecule has 0 unspecified atom stereocenters. The van der Waals surface area contributed by atoms with Crippen molar-refractivity contribution >= 4 is 23.7 Å². The van der Waals surface area contributed by atoms with E-state index in [0.29, 0.717) is 0 Å². The number of fused-ring (bicyclic) bond motifs is 2. The lowest BCUT2D eigenvalue weighted by molar-refractivity contribution is 0.259. The van der Waals surface area contributed by atoms with Crippen LogP contribution in [-0.4, -0.2) is 25.9 Å². The lowest BCUT2D eigenvalue weighted by Crippen LogP contribution is -2.22. The maximum Gasteiger partial charge on any atom is 0.316 e. The highest BCUT2D eigenvalue weighted by molar-refractivity contribution is 7.97. The number of aryl methyl sites for hydroxylation is 2. The molecule has 2 aromatic heterocycles. The first kappa shape index (κ1) is 21.6. The van der Waals surface area contributed by atoms with Crippen molar-refractivity contribution in [3.05, 3.63) is 34.3 Å². The molecule has 0 aromatic carbocycles. The summed E-state index contributed by atoms with van der Waals surface area (Å²) in [5, 5.41) is 21.8. The second kappa shape index (κ2) is 8.73. The summed E-state index contributed by atoms with van der Waals surface area (Å²) >= 11 is 1.09.